The third kappa shape index (κ3) is 35.5. The number of ether oxygens (including phenoxy) is 12. The van der Waals surface area contributed by atoms with Crippen LogP contribution in [0.4, 0.5) is 0 Å². The summed E-state index contributed by atoms with van der Waals surface area (Å²) in [7, 11) is 1.00. The van der Waals surface area contributed by atoms with Crippen molar-refractivity contribution in [3.63, 3.8) is 0 Å². The van der Waals surface area contributed by atoms with E-state index in [0.29, 0.717) is 0 Å². The minimum absolute atomic E-state index is 0.0815. The molecule has 0 fully saturated rings. The van der Waals surface area contributed by atoms with Crippen LogP contribution in [0.15, 0.2) is 146 Å². The fraction of sp³-hybridized carbons (Fsp3) is 0.364. The van der Waals surface area contributed by atoms with Gasteiger partial charge in [-0.1, -0.05) is 39.5 Å². The van der Waals surface area contributed by atoms with Crippen LogP contribution in [0, 0.1) is 0 Å². The van der Waals surface area contributed by atoms with Gasteiger partial charge in [0.05, 0.1) is 46.6 Å². The Bertz CT molecular complexity index is 3120. The molecule has 5 unspecified atom stereocenters. The van der Waals surface area contributed by atoms with Crippen LogP contribution in [0.1, 0.15) is 104 Å². The summed E-state index contributed by atoms with van der Waals surface area (Å²) in [6.07, 6.45) is -5.76. The summed E-state index contributed by atoms with van der Waals surface area (Å²) in [5.41, 5.74) is 1.79. The van der Waals surface area contributed by atoms with Crippen molar-refractivity contribution in [2.45, 2.75) is 72.1 Å². The molecule has 0 radical (unpaired) electrons. The second kappa shape index (κ2) is 46.6. The number of carbonyl (C=O) groups excluding carboxylic acids is 12. The summed E-state index contributed by atoms with van der Waals surface area (Å²) >= 11 is 0. The van der Waals surface area contributed by atoms with Crippen molar-refractivity contribution in [3.05, 3.63) is 179 Å². The predicted molar refractivity (Wildman–Crippen MR) is 334 cm³/mol. The molecule has 96 heavy (non-hydrogen) atoms. The summed E-state index contributed by atoms with van der Waals surface area (Å²) in [6.45, 7) is 24.9. The topological polar surface area (TPSA) is 437 Å². The summed E-state index contributed by atoms with van der Waals surface area (Å²) in [6, 6.07) is 15.9. The molecule has 0 bridgehead atoms. The standard InChI is InChI=1S/2C22H26O10.C21H24O9.CH4O/c1-13(2)19(25)29-10-17(24)11-30-21(27)15-5-7-16(8-6-15)22(28)32-18(9-23)12-31-20(26)14(3)4;1-13(2)19(25)29-9-17(23)11-31-21(27)15-5-7-16(8-6-15)22(28)32-12-18(24)10-30-20(26)14(3)4;1-13(2)18(23)27-9-10-28-20(25)15-5-7-16(8-6-15)21(26)30-17(11-22)12-29-19(24)14(3)4;1-2/h2*5-8,17-18,23-24H,1,3,9-12H2,2,4H3;5-8,17,22H,1,3,9-12H2,2,4H3;2H,1H3. The van der Waals surface area contributed by atoms with E-state index in [1.165, 1.54) is 114 Å². The number of aliphatic hydroxyl groups is 6. The highest BCUT2D eigenvalue weighted by Crippen LogP contribution is 2.14. The van der Waals surface area contributed by atoms with Crippen LogP contribution in [0.2, 0.25) is 0 Å². The highest BCUT2D eigenvalue weighted by molar-refractivity contribution is 5.96. The van der Waals surface area contributed by atoms with Crippen LogP contribution >= 0.6 is 0 Å². The molecular formula is C66H80O30. The van der Waals surface area contributed by atoms with Crippen molar-refractivity contribution in [2.75, 3.05) is 86.4 Å². The third-order valence-electron chi connectivity index (χ3n) is 10.9. The van der Waals surface area contributed by atoms with E-state index in [0.717, 1.165) is 7.11 Å². The van der Waals surface area contributed by atoms with Gasteiger partial charge in [0.15, 0.2) is 12.2 Å². The Balaban J connectivity index is 0.00000139. The molecule has 0 aromatic heterocycles. The Morgan fingerprint density at radius 3 is 0.688 bits per heavy atom. The zero-order chi connectivity index (χ0) is 73.2. The Kier molecular flexibility index (Phi) is 41.5. The first-order valence-corrected chi connectivity index (χ1v) is 28.3. The van der Waals surface area contributed by atoms with Gasteiger partial charge in [0.25, 0.3) is 0 Å². The van der Waals surface area contributed by atoms with Gasteiger partial charge in [-0.05, 0) is 114 Å². The Morgan fingerprint density at radius 1 is 0.292 bits per heavy atom. The lowest BCUT2D eigenvalue weighted by Crippen LogP contribution is -2.28. The quantitative estimate of drug-likeness (QED) is 0.0213. The summed E-state index contributed by atoms with van der Waals surface area (Å²) in [4.78, 5) is 140. The molecular weight excluding hydrogens is 1270 g/mol. The van der Waals surface area contributed by atoms with E-state index in [4.69, 9.17) is 61.9 Å². The van der Waals surface area contributed by atoms with Crippen molar-refractivity contribution >= 4 is 71.6 Å². The van der Waals surface area contributed by atoms with Crippen LogP contribution in [0.3, 0.4) is 0 Å². The van der Waals surface area contributed by atoms with Crippen molar-refractivity contribution in [1.82, 2.24) is 0 Å². The maximum absolute atomic E-state index is 12.2. The normalized spacial score (nSPS) is 11.6. The van der Waals surface area contributed by atoms with Gasteiger partial charge in [-0.15, -0.1) is 0 Å². The largest absolute Gasteiger partial charge is 0.459 e. The van der Waals surface area contributed by atoms with Crippen molar-refractivity contribution in [2.24, 2.45) is 0 Å². The van der Waals surface area contributed by atoms with E-state index in [2.05, 4.69) is 39.5 Å². The number of benzene rings is 3. The third-order valence-corrected chi connectivity index (χ3v) is 10.9. The van der Waals surface area contributed by atoms with Crippen LogP contribution in [-0.2, 0) is 85.6 Å². The van der Waals surface area contributed by atoms with E-state index in [-0.39, 0.29) is 113 Å². The lowest BCUT2D eigenvalue weighted by atomic mass is 10.1. The monoisotopic (exact) mass is 1350 g/mol. The molecule has 3 aromatic carbocycles. The van der Waals surface area contributed by atoms with Crippen molar-refractivity contribution < 1.29 is 145 Å². The fourth-order valence-corrected chi connectivity index (χ4v) is 5.77. The van der Waals surface area contributed by atoms with E-state index in [1.807, 2.05) is 0 Å². The van der Waals surface area contributed by atoms with Crippen molar-refractivity contribution in [3.8, 4) is 0 Å². The molecule has 0 spiro atoms. The van der Waals surface area contributed by atoms with Crippen LogP contribution in [0.5, 0.6) is 0 Å². The number of hydrogen-bond donors (Lipinski definition) is 6. The van der Waals surface area contributed by atoms with Gasteiger partial charge in [0, 0.05) is 40.5 Å². The Morgan fingerprint density at radius 2 is 0.469 bits per heavy atom. The van der Waals surface area contributed by atoms with Crippen LogP contribution in [0.25, 0.3) is 0 Å². The van der Waals surface area contributed by atoms with Gasteiger partial charge < -0.3 is 87.5 Å². The molecule has 0 saturated carbocycles. The Labute approximate surface area is 552 Å². The SMILES string of the molecule is C=C(C)C(=O)OCC(O)COC(=O)c1ccc(C(=O)OC(CO)COC(=O)C(=C)C)cc1.C=C(C)C(=O)OCC(O)COC(=O)c1ccc(C(=O)OCC(O)COC(=O)C(=C)C)cc1.C=C(C)C(=O)OCCOC(=O)c1ccc(C(=O)OC(CO)COC(=O)C(=C)C)cc1.CO. The number of carbonyl (C=O) groups is 12. The van der Waals surface area contributed by atoms with Crippen LogP contribution in [-0.4, -0.2) is 219 Å². The van der Waals surface area contributed by atoms with E-state index in [9.17, 15) is 83.1 Å². The molecule has 30 nitrogen and oxygen atoms in total. The lowest BCUT2D eigenvalue weighted by molar-refractivity contribution is -0.143. The molecule has 0 saturated heterocycles. The van der Waals surface area contributed by atoms with E-state index < -0.39 is 135 Å². The maximum atomic E-state index is 12.2. The predicted octanol–water partition coefficient (Wildman–Crippen LogP) is 3.13. The second-order valence-electron chi connectivity index (χ2n) is 19.9. The first kappa shape index (κ1) is 85.5. The number of esters is 12. The maximum Gasteiger partial charge on any atom is 0.338 e. The minimum atomic E-state index is -1.22. The van der Waals surface area contributed by atoms with Gasteiger partial charge in [0.2, 0.25) is 0 Å². The van der Waals surface area contributed by atoms with Gasteiger partial charge >= 0.3 is 71.6 Å². The minimum Gasteiger partial charge on any atom is -0.459 e. The van der Waals surface area contributed by atoms with Gasteiger partial charge in [-0.3, -0.25) is 0 Å². The van der Waals surface area contributed by atoms with E-state index in [1.54, 1.807) is 0 Å². The second-order valence-corrected chi connectivity index (χ2v) is 19.9. The Hall–Kier alpha value is -10.5. The van der Waals surface area contributed by atoms with Gasteiger partial charge in [-0.25, -0.2) is 57.5 Å². The molecule has 30 heteroatoms. The molecule has 0 aliphatic rings. The average Bonchev–Trinajstić information content (AvgIpc) is 1.14. The first-order chi connectivity index (χ1) is 45.2. The van der Waals surface area contributed by atoms with Gasteiger partial charge in [-0.2, -0.15) is 0 Å². The number of rotatable bonds is 35. The molecule has 5 atom stereocenters. The number of hydrogen-bond acceptors (Lipinski definition) is 30. The summed E-state index contributed by atoms with van der Waals surface area (Å²) < 4.78 is 58.6. The smallest absolute Gasteiger partial charge is 0.338 e. The zero-order valence-electron chi connectivity index (χ0n) is 54.0. The molecule has 0 aliphatic heterocycles. The molecule has 6 N–H and O–H groups in total. The van der Waals surface area contributed by atoms with Crippen LogP contribution < -0.4 is 0 Å². The van der Waals surface area contributed by atoms with Crippen molar-refractivity contribution in [1.29, 1.82) is 0 Å². The highest BCUT2D eigenvalue weighted by Gasteiger charge is 2.23. The molecule has 0 amide bonds. The molecule has 0 aliphatic carbocycles. The molecule has 524 valence electrons. The molecule has 3 aromatic rings. The average molecular weight is 1350 g/mol. The van der Waals surface area contributed by atoms with E-state index >= 15 is 0 Å². The zero-order valence-corrected chi connectivity index (χ0v) is 54.0. The highest BCUT2D eigenvalue weighted by atomic mass is 16.6. The lowest BCUT2D eigenvalue weighted by Gasteiger charge is -2.16. The summed E-state index contributed by atoms with van der Waals surface area (Å²) in [5, 5.41) is 54.6. The summed E-state index contributed by atoms with van der Waals surface area (Å²) in [5.74, 6) is -8.46. The van der Waals surface area contributed by atoms with Gasteiger partial charge in [0.1, 0.15) is 84.4 Å². The number of aliphatic hydroxyl groups excluding tert-OH is 6. The fourth-order valence-electron chi connectivity index (χ4n) is 5.77. The molecule has 0 heterocycles. The first-order valence-electron chi connectivity index (χ1n) is 28.3. The molecule has 3 rings (SSSR count).